The van der Waals surface area contributed by atoms with Gasteiger partial charge in [0.1, 0.15) is 12.7 Å². The van der Waals surface area contributed by atoms with Gasteiger partial charge in [0.25, 0.3) is 0 Å². The Bertz CT molecular complexity index is 181. The van der Waals surface area contributed by atoms with Gasteiger partial charge in [-0.1, -0.05) is 13.8 Å². The average Bonchev–Trinajstić information content (AvgIpc) is 2.96. The molecule has 0 aromatic heterocycles. The number of hydrogen-bond donors (Lipinski definition) is 0. The summed E-state index contributed by atoms with van der Waals surface area (Å²) in [5.41, 5.74) is -0.311. The van der Waals surface area contributed by atoms with Crippen LogP contribution in [0.25, 0.3) is 0 Å². The number of carbonyl (C=O) groups is 1. The van der Waals surface area contributed by atoms with Crippen molar-refractivity contribution < 1.29 is 14.3 Å². The molecule has 3 nitrogen and oxygen atoms in total. The molecule has 1 saturated heterocycles. The third kappa shape index (κ3) is 2.69. The van der Waals surface area contributed by atoms with Crippen molar-refractivity contribution in [2.45, 2.75) is 39.7 Å². The van der Waals surface area contributed by atoms with Gasteiger partial charge in [-0.15, -0.1) is 0 Å². The van der Waals surface area contributed by atoms with Crippen molar-refractivity contribution in [2.75, 3.05) is 13.2 Å². The summed E-state index contributed by atoms with van der Waals surface area (Å²) < 4.78 is 10.1. The predicted molar refractivity (Wildman–Crippen MR) is 49.4 cm³/mol. The molecule has 0 aliphatic carbocycles. The van der Waals surface area contributed by atoms with Crippen molar-refractivity contribution in [3.8, 4) is 0 Å². The van der Waals surface area contributed by atoms with Gasteiger partial charge < -0.3 is 9.47 Å². The molecule has 1 aliphatic heterocycles. The van der Waals surface area contributed by atoms with E-state index < -0.39 is 0 Å². The van der Waals surface area contributed by atoms with E-state index in [2.05, 4.69) is 0 Å². The van der Waals surface area contributed by atoms with Crippen LogP contribution in [0.15, 0.2) is 0 Å². The summed E-state index contributed by atoms with van der Waals surface area (Å²) in [6, 6.07) is 0. The molecule has 1 atom stereocenters. The highest BCUT2D eigenvalue weighted by molar-refractivity contribution is 5.76. The molecule has 0 aromatic rings. The van der Waals surface area contributed by atoms with E-state index in [0.29, 0.717) is 6.61 Å². The Morgan fingerprint density at radius 3 is 2.46 bits per heavy atom. The van der Waals surface area contributed by atoms with Crippen molar-refractivity contribution in [2.24, 2.45) is 5.41 Å². The molecule has 0 saturated carbocycles. The lowest BCUT2D eigenvalue weighted by Crippen LogP contribution is -2.29. The lowest BCUT2D eigenvalue weighted by Gasteiger charge is -2.23. The highest BCUT2D eigenvalue weighted by atomic mass is 16.6. The van der Waals surface area contributed by atoms with E-state index in [1.807, 2.05) is 20.8 Å². The maximum atomic E-state index is 11.6. The summed E-state index contributed by atoms with van der Waals surface area (Å²) in [4.78, 5) is 11.6. The highest BCUT2D eigenvalue weighted by Crippen LogP contribution is 2.27. The average molecular weight is 186 g/mol. The Kier molecular flexibility index (Phi) is 3.31. The van der Waals surface area contributed by atoms with E-state index in [9.17, 15) is 4.79 Å². The van der Waals surface area contributed by atoms with Crippen LogP contribution in [0.3, 0.4) is 0 Å². The van der Waals surface area contributed by atoms with Gasteiger partial charge in [-0.2, -0.15) is 0 Å². The third-order valence-corrected chi connectivity index (χ3v) is 2.86. The van der Waals surface area contributed by atoms with Crippen molar-refractivity contribution >= 4 is 5.97 Å². The SMILES string of the molecule is CCC(C)(CC)C(=O)OCC1CO1. The molecule has 13 heavy (non-hydrogen) atoms. The third-order valence-electron chi connectivity index (χ3n) is 2.86. The maximum Gasteiger partial charge on any atom is 0.311 e. The number of esters is 1. The van der Waals surface area contributed by atoms with Gasteiger partial charge in [0.2, 0.25) is 0 Å². The first kappa shape index (κ1) is 10.5. The van der Waals surface area contributed by atoms with Crippen molar-refractivity contribution in [3.05, 3.63) is 0 Å². The molecule has 1 aliphatic rings. The van der Waals surface area contributed by atoms with Gasteiger partial charge in [0.15, 0.2) is 0 Å². The minimum Gasteiger partial charge on any atom is -0.462 e. The number of ether oxygens (including phenoxy) is 2. The fourth-order valence-corrected chi connectivity index (χ4v) is 1.05. The Morgan fingerprint density at radius 1 is 1.54 bits per heavy atom. The van der Waals surface area contributed by atoms with Crippen LogP contribution in [0, 0.1) is 5.41 Å². The second-order valence-electron chi connectivity index (χ2n) is 3.82. The number of epoxide rings is 1. The largest absolute Gasteiger partial charge is 0.462 e. The molecule has 0 aromatic carbocycles. The molecule has 0 amide bonds. The zero-order valence-corrected chi connectivity index (χ0v) is 8.63. The first-order valence-electron chi connectivity index (χ1n) is 4.91. The molecule has 0 bridgehead atoms. The van der Waals surface area contributed by atoms with Gasteiger partial charge in [-0.3, -0.25) is 4.79 Å². The smallest absolute Gasteiger partial charge is 0.311 e. The predicted octanol–water partition coefficient (Wildman–Crippen LogP) is 1.75. The van der Waals surface area contributed by atoms with Crippen LogP contribution in [0.2, 0.25) is 0 Å². The lowest BCUT2D eigenvalue weighted by molar-refractivity contribution is -0.155. The zero-order valence-electron chi connectivity index (χ0n) is 8.63. The topological polar surface area (TPSA) is 38.8 Å². The van der Waals surface area contributed by atoms with Crippen LogP contribution in [0.5, 0.6) is 0 Å². The van der Waals surface area contributed by atoms with E-state index in [1.165, 1.54) is 0 Å². The second-order valence-corrected chi connectivity index (χ2v) is 3.82. The Labute approximate surface area is 79.4 Å². The lowest BCUT2D eigenvalue weighted by atomic mass is 9.85. The summed E-state index contributed by atoms with van der Waals surface area (Å²) >= 11 is 0. The molecule has 3 heteroatoms. The summed E-state index contributed by atoms with van der Waals surface area (Å²) in [5.74, 6) is -0.0898. The monoisotopic (exact) mass is 186 g/mol. The molecule has 76 valence electrons. The molecule has 0 N–H and O–H groups in total. The van der Waals surface area contributed by atoms with Crippen LogP contribution in [-0.2, 0) is 14.3 Å². The van der Waals surface area contributed by atoms with E-state index in [-0.39, 0.29) is 17.5 Å². The molecule has 1 fully saturated rings. The number of hydrogen-bond acceptors (Lipinski definition) is 3. The second kappa shape index (κ2) is 4.09. The van der Waals surface area contributed by atoms with Gasteiger partial charge in [0, 0.05) is 0 Å². The fraction of sp³-hybridized carbons (Fsp3) is 0.900. The Morgan fingerprint density at radius 2 is 2.08 bits per heavy atom. The van der Waals surface area contributed by atoms with E-state index in [0.717, 1.165) is 19.4 Å². The quantitative estimate of drug-likeness (QED) is 0.485. The molecule has 1 heterocycles. The summed E-state index contributed by atoms with van der Waals surface area (Å²) in [7, 11) is 0. The molecule has 1 unspecified atom stereocenters. The van der Waals surface area contributed by atoms with E-state index in [4.69, 9.17) is 9.47 Å². The summed E-state index contributed by atoms with van der Waals surface area (Å²) in [5, 5.41) is 0. The normalized spacial score (nSPS) is 21.3. The van der Waals surface area contributed by atoms with Crippen LogP contribution in [0.1, 0.15) is 33.6 Å². The van der Waals surface area contributed by atoms with Gasteiger partial charge >= 0.3 is 5.97 Å². The van der Waals surface area contributed by atoms with Gasteiger partial charge in [-0.05, 0) is 19.8 Å². The fourth-order valence-electron chi connectivity index (χ4n) is 1.05. The van der Waals surface area contributed by atoms with Crippen LogP contribution >= 0.6 is 0 Å². The first-order chi connectivity index (χ1) is 6.12. The zero-order chi connectivity index (χ0) is 9.90. The minimum absolute atomic E-state index is 0.0898. The standard InChI is InChI=1S/C10H18O3/c1-4-10(3,5-2)9(11)13-7-8-6-12-8/h8H,4-7H2,1-3H3. The van der Waals surface area contributed by atoms with Crippen molar-refractivity contribution in [3.63, 3.8) is 0 Å². The van der Waals surface area contributed by atoms with Crippen LogP contribution < -0.4 is 0 Å². The molecule has 0 spiro atoms. The maximum absolute atomic E-state index is 11.6. The van der Waals surface area contributed by atoms with Gasteiger partial charge in [-0.25, -0.2) is 0 Å². The summed E-state index contributed by atoms with van der Waals surface area (Å²) in [6.07, 6.45) is 1.82. The Hall–Kier alpha value is -0.570. The first-order valence-corrected chi connectivity index (χ1v) is 4.91. The molecular formula is C10H18O3. The van der Waals surface area contributed by atoms with E-state index >= 15 is 0 Å². The highest BCUT2D eigenvalue weighted by Gasteiger charge is 2.33. The molecule has 1 rings (SSSR count). The number of carbonyl (C=O) groups excluding carboxylic acids is 1. The van der Waals surface area contributed by atoms with Crippen LogP contribution in [-0.4, -0.2) is 25.3 Å². The van der Waals surface area contributed by atoms with Gasteiger partial charge in [0.05, 0.1) is 12.0 Å². The van der Waals surface area contributed by atoms with Crippen molar-refractivity contribution in [1.82, 2.24) is 0 Å². The Balaban J connectivity index is 2.33. The van der Waals surface area contributed by atoms with E-state index in [1.54, 1.807) is 0 Å². The van der Waals surface area contributed by atoms with Crippen molar-refractivity contribution in [1.29, 1.82) is 0 Å². The van der Waals surface area contributed by atoms with Crippen LogP contribution in [0.4, 0.5) is 0 Å². The molecular weight excluding hydrogens is 168 g/mol. The molecule has 0 radical (unpaired) electrons. The number of rotatable bonds is 5. The minimum atomic E-state index is -0.311. The summed E-state index contributed by atoms with van der Waals surface area (Å²) in [6.45, 7) is 7.14.